The second-order valence-corrected chi connectivity index (χ2v) is 3.07. The van der Waals surface area contributed by atoms with E-state index in [9.17, 15) is 0 Å². The van der Waals surface area contributed by atoms with Crippen LogP contribution in [0.25, 0.3) is 0 Å². The lowest BCUT2D eigenvalue weighted by Gasteiger charge is -2.17. The van der Waals surface area contributed by atoms with E-state index in [1.807, 2.05) is 0 Å². The number of nitrogens with one attached hydrogen (secondary N) is 1. The van der Waals surface area contributed by atoms with Crippen LogP contribution < -0.4 is 5.32 Å². The molecule has 0 aromatic rings. The molecule has 0 radical (unpaired) electrons. The monoisotopic (exact) mass is 129 g/mol. The van der Waals surface area contributed by atoms with Crippen LogP contribution in [0, 0.1) is 0 Å². The van der Waals surface area contributed by atoms with E-state index in [1.165, 1.54) is 0 Å². The van der Waals surface area contributed by atoms with Gasteiger partial charge in [-0.25, -0.2) is 0 Å². The van der Waals surface area contributed by atoms with E-state index in [0.29, 0.717) is 6.04 Å². The highest BCUT2D eigenvalue weighted by Gasteiger charge is 2.29. The molecule has 0 saturated carbocycles. The Morgan fingerprint density at radius 2 is 2.33 bits per heavy atom. The Balaban J connectivity index is 2.38. The van der Waals surface area contributed by atoms with Gasteiger partial charge in [-0.05, 0) is 20.3 Å². The summed E-state index contributed by atoms with van der Waals surface area (Å²) in [6.07, 6.45) is 1.16. The third-order valence-corrected chi connectivity index (χ3v) is 1.69. The van der Waals surface area contributed by atoms with Gasteiger partial charge in [0, 0.05) is 6.04 Å². The van der Waals surface area contributed by atoms with Crippen LogP contribution >= 0.6 is 0 Å². The van der Waals surface area contributed by atoms with Gasteiger partial charge in [0.25, 0.3) is 0 Å². The van der Waals surface area contributed by atoms with Crippen molar-refractivity contribution in [2.45, 2.75) is 39.0 Å². The van der Waals surface area contributed by atoms with Crippen LogP contribution in [0.4, 0.5) is 0 Å². The van der Waals surface area contributed by atoms with Gasteiger partial charge in [0.2, 0.25) is 0 Å². The molecule has 1 rings (SSSR count). The van der Waals surface area contributed by atoms with Crippen molar-refractivity contribution in [3.05, 3.63) is 0 Å². The molecule has 0 unspecified atom stereocenters. The Morgan fingerprint density at radius 1 is 1.67 bits per heavy atom. The summed E-state index contributed by atoms with van der Waals surface area (Å²) in [6, 6.07) is 0.569. The second-order valence-electron chi connectivity index (χ2n) is 3.07. The van der Waals surface area contributed by atoms with E-state index in [1.54, 1.807) is 0 Å². The van der Waals surface area contributed by atoms with Crippen molar-refractivity contribution in [3.8, 4) is 0 Å². The van der Waals surface area contributed by atoms with Crippen molar-refractivity contribution in [3.63, 3.8) is 0 Å². The van der Waals surface area contributed by atoms with E-state index >= 15 is 0 Å². The number of hydrogen-bond donors (Lipinski definition) is 1. The second kappa shape index (κ2) is 2.27. The summed E-state index contributed by atoms with van der Waals surface area (Å²) in [5, 5.41) is 3.36. The lowest BCUT2D eigenvalue weighted by Crippen LogP contribution is -2.37. The largest absolute Gasteiger partial charge is 0.360 e. The fourth-order valence-corrected chi connectivity index (χ4v) is 1.10. The van der Waals surface area contributed by atoms with Crippen molar-refractivity contribution >= 4 is 0 Å². The van der Waals surface area contributed by atoms with Crippen molar-refractivity contribution in [1.82, 2.24) is 5.32 Å². The standard InChI is InChI=1S/C7H15NO/c1-4-6-5-9-7(2,3)8-6/h6,8H,4-5H2,1-3H3/t6-/m0/s1. The molecule has 1 aliphatic rings. The maximum atomic E-state index is 5.43. The minimum Gasteiger partial charge on any atom is -0.360 e. The third-order valence-electron chi connectivity index (χ3n) is 1.69. The molecule has 1 heterocycles. The van der Waals surface area contributed by atoms with Gasteiger partial charge in [0.15, 0.2) is 0 Å². The van der Waals surface area contributed by atoms with Gasteiger partial charge in [0.05, 0.1) is 6.61 Å². The van der Waals surface area contributed by atoms with Crippen LogP contribution in [-0.2, 0) is 4.74 Å². The molecule has 9 heavy (non-hydrogen) atoms. The first-order chi connectivity index (χ1) is 4.14. The lowest BCUT2D eigenvalue weighted by molar-refractivity contribution is 0.0231. The molecule has 1 atom stereocenters. The van der Waals surface area contributed by atoms with Gasteiger partial charge in [-0.15, -0.1) is 0 Å². The highest BCUT2D eigenvalue weighted by atomic mass is 16.5. The highest BCUT2D eigenvalue weighted by molar-refractivity contribution is 4.80. The van der Waals surface area contributed by atoms with Crippen LogP contribution in [0.2, 0.25) is 0 Å². The third kappa shape index (κ3) is 1.66. The first kappa shape index (κ1) is 7.03. The van der Waals surface area contributed by atoms with E-state index < -0.39 is 0 Å². The van der Waals surface area contributed by atoms with Crippen LogP contribution in [0.3, 0.4) is 0 Å². The van der Waals surface area contributed by atoms with E-state index in [0.717, 1.165) is 13.0 Å². The molecular weight excluding hydrogens is 114 g/mol. The van der Waals surface area contributed by atoms with Crippen LogP contribution in [-0.4, -0.2) is 18.4 Å². The molecule has 0 bridgehead atoms. The molecule has 0 spiro atoms. The first-order valence-corrected chi connectivity index (χ1v) is 3.56. The molecule has 2 heteroatoms. The summed E-state index contributed by atoms with van der Waals surface area (Å²) in [5.41, 5.74) is -0.0827. The summed E-state index contributed by atoms with van der Waals surface area (Å²) in [6.45, 7) is 7.15. The summed E-state index contributed by atoms with van der Waals surface area (Å²) in [7, 11) is 0. The Bertz CT molecular complexity index is 101. The van der Waals surface area contributed by atoms with Crippen molar-refractivity contribution in [2.24, 2.45) is 0 Å². The van der Waals surface area contributed by atoms with Crippen molar-refractivity contribution < 1.29 is 4.74 Å². The topological polar surface area (TPSA) is 21.3 Å². The summed E-state index contributed by atoms with van der Waals surface area (Å²) in [5.74, 6) is 0. The predicted octanol–water partition coefficient (Wildman–Crippen LogP) is 1.12. The Hall–Kier alpha value is -0.0800. The Morgan fingerprint density at radius 3 is 2.56 bits per heavy atom. The molecule has 1 fully saturated rings. The molecule has 1 N–H and O–H groups in total. The SMILES string of the molecule is CC[C@H]1COC(C)(C)N1. The molecule has 2 nitrogen and oxygen atoms in total. The molecule has 0 aliphatic carbocycles. The quantitative estimate of drug-likeness (QED) is 0.573. The summed E-state index contributed by atoms with van der Waals surface area (Å²) in [4.78, 5) is 0. The first-order valence-electron chi connectivity index (χ1n) is 3.56. The fourth-order valence-electron chi connectivity index (χ4n) is 1.10. The fraction of sp³-hybridized carbons (Fsp3) is 1.00. The highest BCUT2D eigenvalue weighted by Crippen LogP contribution is 2.15. The van der Waals surface area contributed by atoms with Gasteiger partial charge in [-0.3, -0.25) is 5.32 Å². The summed E-state index contributed by atoms with van der Waals surface area (Å²) >= 11 is 0. The number of hydrogen-bond acceptors (Lipinski definition) is 2. The molecule has 0 amide bonds. The minimum absolute atomic E-state index is 0.0827. The zero-order valence-corrected chi connectivity index (χ0v) is 6.40. The van der Waals surface area contributed by atoms with Gasteiger partial charge >= 0.3 is 0 Å². The van der Waals surface area contributed by atoms with Crippen LogP contribution in [0.15, 0.2) is 0 Å². The van der Waals surface area contributed by atoms with Gasteiger partial charge in [0.1, 0.15) is 5.72 Å². The van der Waals surface area contributed by atoms with E-state index in [2.05, 4.69) is 26.1 Å². The van der Waals surface area contributed by atoms with Crippen molar-refractivity contribution in [2.75, 3.05) is 6.61 Å². The summed E-state index contributed by atoms with van der Waals surface area (Å²) < 4.78 is 5.43. The maximum Gasteiger partial charge on any atom is 0.113 e. The molecule has 0 aromatic heterocycles. The smallest absolute Gasteiger partial charge is 0.113 e. The zero-order chi connectivity index (χ0) is 6.91. The molecule has 54 valence electrons. The Kier molecular flexibility index (Phi) is 1.78. The molecule has 0 aromatic carbocycles. The molecular formula is C7H15NO. The van der Waals surface area contributed by atoms with E-state index in [-0.39, 0.29) is 5.72 Å². The molecule has 1 aliphatic heterocycles. The van der Waals surface area contributed by atoms with Crippen molar-refractivity contribution in [1.29, 1.82) is 0 Å². The average Bonchev–Trinajstić information content (AvgIpc) is 2.10. The van der Waals surface area contributed by atoms with Gasteiger partial charge in [-0.1, -0.05) is 6.92 Å². The van der Waals surface area contributed by atoms with Gasteiger partial charge in [-0.2, -0.15) is 0 Å². The van der Waals surface area contributed by atoms with E-state index in [4.69, 9.17) is 4.74 Å². The number of rotatable bonds is 1. The zero-order valence-electron chi connectivity index (χ0n) is 6.40. The van der Waals surface area contributed by atoms with Crippen LogP contribution in [0.5, 0.6) is 0 Å². The number of ether oxygens (including phenoxy) is 1. The van der Waals surface area contributed by atoms with Crippen LogP contribution in [0.1, 0.15) is 27.2 Å². The minimum atomic E-state index is -0.0827. The molecule has 1 saturated heterocycles. The lowest BCUT2D eigenvalue weighted by atomic mass is 10.2. The van der Waals surface area contributed by atoms with Gasteiger partial charge < -0.3 is 4.74 Å². The Labute approximate surface area is 56.6 Å². The predicted molar refractivity (Wildman–Crippen MR) is 37.2 cm³/mol. The normalized spacial score (nSPS) is 33.0. The maximum absolute atomic E-state index is 5.43. The average molecular weight is 129 g/mol.